The standard InChI is InChI=1S/C72H56N4/c1-7-21-55(22-8-1)59-25-19-35-71(53-59)75(63-31-15-5-16-32-63)69-49-45-67(46-50-69)73(61-27-11-3-12-28-61)65-41-37-57(38-42-65)58-39-43-66(44-40-58)74(62-29-13-4-14-30-62)68-47-51-70(52-48-68)76(64-33-17-6-18-34-64)72-36-20-26-60(54-72)56-23-9-2-10-24-56/h1-19,21-25,27-54H,20,26H2. The van der Waals surface area contributed by atoms with E-state index in [0.29, 0.717) is 0 Å². The summed E-state index contributed by atoms with van der Waals surface area (Å²) in [6.07, 6.45) is 6.74. The van der Waals surface area contributed by atoms with E-state index in [1.165, 1.54) is 28.0 Å². The molecule has 0 N–H and O–H groups in total. The summed E-state index contributed by atoms with van der Waals surface area (Å²) >= 11 is 0. The number of rotatable bonds is 15. The molecule has 76 heavy (non-hydrogen) atoms. The molecule has 0 aromatic heterocycles. The fourth-order valence-electron chi connectivity index (χ4n) is 10.4. The van der Waals surface area contributed by atoms with Crippen LogP contribution >= 0.6 is 0 Å². The summed E-state index contributed by atoms with van der Waals surface area (Å²) in [6, 6.07) is 108. The number of hydrogen-bond donors (Lipinski definition) is 0. The van der Waals surface area contributed by atoms with Crippen LogP contribution in [0, 0.1) is 0 Å². The maximum absolute atomic E-state index is 2.38. The lowest BCUT2D eigenvalue weighted by atomic mass is 9.95. The van der Waals surface area contributed by atoms with Gasteiger partial charge in [-0.3, -0.25) is 0 Å². The number of nitrogens with zero attached hydrogens (tertiary/aromatic N) is 4. The molecule has 0 amide bonds. The fourth-order valence-corrected chi connectivity index (χ4v) is 10.4. The minimum atomic E-state index is 0.988. The molecule has 0 bridgehead atoms. The topological polar surface area (TPSA) is 13.0 Å². The van der Waals surface area contributed by atoms with Gasteiger partial charge in [0.25, 0.3) is 0 Å². The Hall–Kier alpha value is -9.90. The Kier molecular flexibility index (Phi) is 13.7. The molecule has 11 aromatic carbocycles. The minimum Gasteiger partial charge on any atom is -0.311 e. The first kappa shape index (κ1) is 47.1. The van der Waals surface area contributed by atoms with E-state index >= 15 is 0 Å². The zero-order valence-corrected chi connectivity index (χ0v) is 42.2. The summed E-state index contributed by atoms with van der Waals surface area (Å²) in [7, 11) is 0. The van der Waals surface area contributed by atoms with Crippen LogP contribution in [0.3, 0.4) is 0 Å². The van der Waals surface area contributed by atoms with Crippen molar-refractivity contribution >= 4 is 68.1 Å². The predicted molar refractivity (Wildman–Crippen MR) is 322 cm³/mol. The Morgan fingerprint density at radius 1 is 0.211 bits per heavy atom. The van der Waals surface area contributed by atoms with E-state index < -0.39 is 0 Å². The predicted octanol–water partition coefficient (Wildman–Crippen LogP) is 20.3. The van der Waals surface area contributed by atoms with Crippen molar-refractivity contribution in [3.8, 4) is 22.3 Å². The van der Waals surface area contributed by atoms with Gasteiger partial charge in [-0.2, -0.15) is 0 Å². The Labute approximate surface area is 447 Å². The highest BCUT2D eigenvalue weighted by atomic mass is 15.2. The van der Waals surface area contributed by atoms with Crippen molar-refractivity contribution in [1.29, 1.82) is 0 Å². The molecule has 0 atom stereocenters. The van der Waals surface area contributed by atoms with Gasteiger partial charge in [0.15, 0.2) is 0 Å². The van der Waals surface area contributed by atoms with Crippen molar-refractivity contribution < 1.29 is 0 Å². The van der Waals surface area contributed by atoms with Gasteiger partial charge in [0.2, 0.25) is 0 Å². The molecule has 12 rings (SSSR count). The normalized spacial score (nSPS) is 12.0. The van der Waals surface area contributed by atoms with Crippen LogP contribution in [0.1, 0.15) is 18.4 Å². The molecule has 4 nitrogen and oxygen atoms in total. The first-order valence-electron chi connectivity index (χ1n) is 26.1. The van der Waals surface area contributed by atoms with Gasteiger partial charge in [0.05, 0.1) is 0 Å². The van der Waals surface area contributed by atoms with Crippen LogP contribution in [0.25, 0.3) is 27.8 Å². The van der Waals surface area contributed by atoms with Gasteiger partial charge in [0.1, 0.15) is 0 Å². The maximum atomic E-state index is 2.38. The summed E-state index contributed by atoms with van der Waals surface area (Å²) in [6.45, 7) is 0. The van der Waals surface area contributed by atoms with E-state index in [2.05, 4.69) is 335 Å². The van der Waals surface area contributed by atoms with Crippen molar-refractivity contribution in [1.82, 2.24) is 0 Å². The lowest BCUT2D eigenvalue weighted by molar-refractivity contribution is 1.01. The molecular weight excluding hydrogens is 921 g/mol. The number of hydrogen-bond acceptors (Lipinski definition) is 4. The lowest BCUT2D eigenvalue weighted by Gasteiger charge is -2.30. The quantitative estimate of drug-likeness (QED) is 0.101. The molecule has 1 aliphatic rings. The first-order valence-corrected chi connectivity index (χ1v) is 26.1. The summed E-state index contributed by atoms with van der Waals surface area (Å²) in [5.74, 6) is 0. The molecule has 4 heteroatoms. The van der Waals surface area contributed by atoms with Crippen molar-refractivity contribution in [2.45, 2.75) is 12.8 Å². The lowest BCUT2D eigenvalue weighted by Crippen LogP contribution is -2.17. The van der Waals surface area contributed by atoms with Crippen LogP contribution in [0.5, 0.6) is 0 Å². The van der Waals surface area contributed by atoms with E-state index in [1.807, 2.05) is 0 Å². The first-order chi connectivity index (χ1) is 37.7. The zero-order valence-electron chi connectivity index (χ0n) is 42.2. The van der Waals surface area contributed by atoms with Crippen LogP contribution in [-0.2, 0) is 0 Å². The van der Waals surface area contributed by atoms with Gasteiger partial charge < -0.3 is 19.6 Å². The van der Waals surface area contributed by atoms with Gasteiger partial charge in [-0.05, 0) is 186 Å². The summed E-state index contributed by atoms with van der Waals surface area (Å²) in [4.78, 5) is 9.36. The van der Waals surface area contributed by atoms with E-state index in [0.717, 1.165) is 86.5 Å². The van der Waals surface area contributed by atoms with Crippen LogP contribution in [0.15, 0.2) is 321 Å². The molecule has 0 spiro atoms. The average Bonchev–Trinajstić information content (AvgIpc) is 3.51. The third-order valence-corrected chi connectivity index (χ3v) is 14.1. The van der Waals surface area contributed by atoms with Gasteiger partial charge in [-0.15, -0.1) is 0 Å². The van der Waals surface area contributed by atoms with Gasteiger partial charge in [-0.1, -0.05) is 176 Å². The highest BCUT2D eigenvalue weighted by Crippen LogP contribution is 2.43. The van der Waals surface area contributed by atoms with Crippen LogP contribution in [-0.4, -0.2) is 0 Å². The molecule has 0 heterocycles. The summed E-state index contributed by atoms with van der Waals surface area (Å²) < 4.78 is 0. The third kappa shape index (κ3) is 10.2. The Balaban J connectivity index is 0.822. The molecule has 364 valence electrons. The van der Waals surface area contributed by atoms with Crippen LogP contribution in [0.2, 0.25) is 0 Å². The molecule has 0 saturated carbocycles. The molecule has 0 unspecified atom stereocenters. The van der Waals surface area contributed by atoms with Crippen LogP contribution in [0.4, 0.5) is 62.6 Å². The highest BCUT2D eigenvalue weighted by molar-refractivity contribution is 5.85. The number of para-hydroxylation sites is 4. The summed E-state index contributed by atoms with van der Waals surface area (Å²) in [5, 5.41) is 0. The summed E-state index contributed by atoms with van der Waals surface area (Å²) in [5.41, 5.74) is 20.5. The fraction of sp³-hybridized carbons (Fsp3) is 0.0278. The van der Waals surface area contributed by atoms with Crippen molar-refractivity contribution in [2.24, 2.45) is 0 Å². The number of benzene rings is 11. The molecule has 1 aliphatic carbocycles. The monoisotopic (exact) mass is 976 g/mol. The maximum Gasteiger partial charge on any atom is 0.0467 e. The van der Waals surface area contributed by atoms with E-state index in [-0.39, 0.29) is 0 Å². The Morgan fingerprint density at radius 3 is 0.895 bits per heavy atom. The number of anilines is 11. The largest absolute Gasteiger partial charge is 0.311 e. The van der Waals surface area contributed by atoms with Crippen molar-refractivity contribution in [3.05, 3.63) is 327 Å². The molecule has 0 saturated heterocycles. The second-order valence-electron chi connectivity index (χ2n) is 18.9. The smallest absolute Gasteiger partial charge is 0.0467 e. The minimum absolute atomic E-state index is 0.988. The molecule has 0 aliphatic heterocycles. The molecule has 0 radical (unpaired) electrons. The molecule has 11 aromatic rings. The van der Waals surface area contributed by atoms with Crippen molar-refractivity contribution in [2.75, 3.05) is 19.6 Å². The second kappa shape index (κ2) is 22.1. The molecular formula is C72H56N4. The van der Waals surface area contributed by atoms with Crippen LogP contribution < -0.4 is 19.6 Å². The van der Waals surface area contributed by atoms with E-state index in [1.54, 1.807) is 0 Å². The second-order valence-corrected chi connectivity index (χ2v) is 18.9. The Morgan fingerprint density at radius 2 is 0.487 bits per heavy atom. The Bertz CT molecular complexity index is 3700. The van der Waals surface area contributed by atoms with Crippen molar-refractivity contribution in [3.63, 3.8) is 0 Å². The van der Waals surface area contributed by atoms with E-state index in [9.17, 15) is 0 Å². The van der Waals surface area contributed by atoms with E-state index in [4.69, 9.17) is 0 Å². The van der Waals surface area contributed by atoms with Gasteiger partial charge in [0, 0.05) is 68.3 Å². The van der Waals surface area contributed by atoms with Gasteiger partial charge in [-0.25, -0.2) is 0 Å². The number of allylic oxidation sites excluding steroid dienone is 3. The highest BCUT2D eigenvalue weighted by Gasteiger charge is 2.21. The zero-order chi connectivity index (χ0) is 50.9. The molecule has 0 fully saturated rings. The third-order valence-electron chi connectivity index (χ3n) is 14.1. The average molecular weight is 977 g/mol. The van der Waals surface area contributed by atoms with Gasteiger partial charge >= 0.3 is 0 Å². The SMILES string of the molecule is C1=C(c2ccccc2)CCC=C1N(c1ccccc1)c1ccc(N(c2ccccc2)c2ccc(-c3ccc(N(c4ccccc4)c4ccc(N(c5ccccc5)c5cccc(-c6ccccc6)c5)cc4)cc3)cc2)cc1.